The van der Waals surface area contributed by atoms with E-state index >= 15 is 0 Å². The number of carbonyl (C=O) groups is 2. The molecule has 0 unspecified atom stereocenters. The number of esters is 1. The van der Waals surface area contributed by atoms with Gasteiger partial charge in [0.15, 0.2) is 5.49 Å². The van der Waals surface area contributed by atoms with Gasteiger partial charge in [-0.3, -0.25) is 14.0 Å². The van der Waals surface area contributed by atoms with Crippen LogP contribution in [0.1, 0.15) is 46.0 Å². The molecule has 3 aromatic heterocycles. The number of ether oxygens (including phenoxy) is 2. The van der Waals surface area contributed by atoms with Gasteiger partial charge in [-0.1, -0.05) is 6.07 Å². The molecule has 4 aromatic rings. The van der Waals surface area contributed by atoms with Crippen LogP contribution in [0.4, 0.5) is 13.2 Å². The normalized spacial score (nSPS) is 16.2. The van der Waals surface area contributed by atoms with Gasteiger partial charge in [0, 0.05) is 18.4 Å². The standard InChI is InChI=1S/C27H23F3N4O5/c1-2-38-26(37)20-14-19-22(31-21-7-3-4-12-33(21)25(19)36)34(15-18-6-5-13-39-18)23(20)32-24(35)16-8-10-17(11-9-16)27(28,29)30/h3-4,7-12,14,18H,2,5-6,13,15H2,1H3/t18-/m1/s1. The Bertz CT molecular complexity index is 1700. The Labute approximate surface area is 219 Å². The molecule has 0 radical (unpaired) electrons. The number of fused-ring (bicyclic) bond motifs is 2. The van der Waals surface area contributed by atoms with E-state index in [4.69, 9.17) is 9.47 Å². The fourth-order valence-corrected chi connectivity index (χ4v) is 4.48. The number of nitrogens with zero attached hydrogens (tertiary/aromatic N) is 4. The number of pyridine rings is 2. The van der Waals surface area contributed by atoms with Crippen LogP contribution in [0.3, 0.4) is 0 Å². The van der Waals surface area contributed by atoms with Crippen molar-refractivity contribution >= 4 is 28.6 Å². The molecule has 1 fully saturated rings. The lowest BCUT2D eigenvalue weighted by molar-refractivity contribution is -0.137. The van der Waals surface area contributed by atoms with Crippen LogP contribution in [0.2, 0.25) is 0 Å². The lowest BCUT2D eigenvalue weighted by Gasteiger charge is -2.18. The predicted molar refractivity (Wildman–Crippen MR) is 133 cm³/mol. The number of amides is 1. The highest BCUT2D eigenvalue weighted by atomic mass is 19.4. The average molecular weight is 540 g/mol. The summed E-state index contributed by atoms with van der Waals surface area (Å²) in [6.07, 6.45) is -1.83. The maximum absolute atomic E-state index is 13.4. The second-order valence-electron chi connectivity index (χ2n) is 8.92. The number of alkyl halides is 3. The molecule has 0 bridgehead atoms. The second kappa shape index (κ2) is 10.4. The number of hydrogen-bond donors (Lipinski definition) is 0. The lowest BCUT2D eigenvalue weighted by atomic mass is 10.1. The molecule has 12 heteroatoms. The van der Waals surface area contributed by atoms with Crippen LogP contribution in [0.15, 0.2) is 64.5 Å². The summed E-state index contributed by atoms with van der Waals surface area (Å²) in [5.74, 6) is -1.70. The van der Waals surface area contributed by atoms with Gasteiger partial charge >= 0.3 is 12.1 Å². The first-order valence-corrected chi connectivity index (χ1v) is 12.3. The minimum absolute atomic E-state index is 0.0177. The lowest BCUT2D eigenvalue weighted by Crippen LogP contribution is -2.35. The van der Waals surface area contributed by atoms with Gasteiger partial charge in [0.05, 0.1) is 30.2 Å². The smallest absolute Gasteiger partial charge is 0.416 e. The molecular weight excluding hydrogens is 517 g/mol. The summed E-state index contributed by atoms with van der Waals surface area (Å²) in [7, 11) is 0. The van der Waals surface area contributed by atoms with Gasteiger partial charge in [0.25, 0.3) is 11.5 Å². The minimum atomic E-state index is -4.57. The van der Waals surface area contributed by atoms with Crippen LogP contribution in [0, 0.1) is 0 Å². The third-order valence-electron chi connectivity index (χ3n) is 6.36. The van der Waals surface area contributed by atoms with E-state index in [-0.39, 0.29) is 46.9 Å². The van der Waals surface area contributed by atoms with Crippen molar-refractivity contribution in [1.29, 1.82) is 0 Å². The maximum atomic E-state index is 13.4. The predicted octanol–water partition coefficient (Wildman–Crippen LogP) is 3.76. The summed E-state index contributed by atoms with van der Waals surface area (Å²) in [5.41, 5.74) is -1.25. The van der Waals surface area contributed by atoms with E-state index in [0.29, 0.717) is 18.7 Å². The van der Waals surface area contributed by atoms with E-state index in [0.717, 1.165) is 30.7 Å². The maximum Gasteiger partial charge on any atom is 0.416 e. The van der Waals surface area contributed by atoms with Crippen LogP contribution >= 0.6 is 0 Å². The highest BCUT2D eigenvalue weighted by Gasteiger charge is 2.30. The average Bonchev–Trinajstić information content (AvgIpc) is 3.43. The van der Waals surface area contributed by atoms with Crippen molar-refractivity contribution in [1.82, 2.24) is 14.0 Å². The van der Waals surface area contributed by atoms with Crippen LogP contribution in [-0.4, -0.2) is 45.1 Å². The summed E-state index contributed by atoms with van der Waals surface area (Å²) in [6, 6.07) is 9.90. The van der Waals surface area contributed by atoms with E-state index < -0.39 is 29.2 Å². The first-order chi connectivity index (χ1) is 18.7. The number of rotatable bonds is 5. The molecule has 0 aliphatic carbocycles. The van der Waals surface area contributed by atoms with Crippen LogP contribution in [0.25, 0.3) is 16.7 Å². The van der Waals surface area contributed by atoms with Crippen molar-refractivity contribution in [3.63, 3.8) is 0 Å². The van der Waals surface area contributed by atoms with Gasteiger partial charge in [-0.15, -0.1) is 0 Å². The molecule has 202 valence electrons. The van der Waals surface area contributed by atoms with Crippen molar-refractivity contribution in [3.8, 4) is 0 Å². The van der Waals surface area contributed by atoms with Gasteiger partial charge in [-0.25, -0.2) is 9.78 Å². The van der Waals surface area contributed by atoms with Crippen molar-refractivity contribution in [2.24, 2.45) is 4.99 Å². The van der Waals surface area contributed by atoms with Crippen LogP contribution in [-0.2, 0) is 22.2 Å². The minimum Gasteiger partial charge on any atom is -0.462 e. The Morgan fingerprint density at radius 3 is 2.62 bits per heavy atom. The molecule has 1 aromatic carbocycles. The largest absolute Gasteiger partial charge is 0.462 e. The molecule has 1 amide bonds. The molecule has 0 saturated carbocycles. The van der Waals surface area contributed by atoms with Crippen LogP contribution in [0.5, 0.6) is 0 Å². The SMILES string of the molecule is CCOC(=O)c1cc2c(=O)n3ccccc3nc2n(C[C@H]2CCCO2)c1=NC(=O)c1ccc(C(F)(F)F)cc1. The van der Waals surface area contributed by atoms with Gasteiger partial charge in [-0.05, 0) is 62.2 Å². The Kier molecular flexibility index (Phi) is 7.04. The monoisotopic (exact) mass is 540 g/mol. The zero-order valence-corrected chi connectivity index (χ0v) is 20.8. The van der Waals surface area contributed by atoms with E-state index in [1.807, 2.05) is 0 Å². The van der Waals surface area contributed by atoms with Gasteiger partial charge in [0.2, 0.25) is 0 Å². The van der Waals surface area contributed by atoms with Crippen LogP contribution < -0.4 is 11.0 Å². The number of carbonyl (C=O) groups excluding carboxylic acids is 2. The second-order valence-corrected chi connectivity index (χ2v) is 8.92. The van der Waals surface area contributed by atoms with Crippen molar-refractivity contribution in [2.45, 2.75) is 38.6 Å². The number of hydrogen-bond acceptors (Lipinski definition) is 6. The van der Waals surface area contributed by atoms with Crippen molar-refractivity contribution < 1.29 is 32.2 Å². The molecule has 1 aliphatic rings. The molecule has 9 nitrogen and oxygen atoms in total. The molecule has 0 spiro atoms. The molecule has 1 saturated heterocycles. The Hall–Kier alpha value is -4.32. The molecule has 5 rings (SSSR count). The zero-order chi connectivity index (χ0) is 27.7. The number of halogens is 3. The van der Waals surface area contributed by atoms with Gasteiger partial charge in [0.1, 0.15) is 16.9 Å². The Balaban J connectivity index is 1.79. The highest BCUT2D eigenvalue weighted by molar-refractivity contribution is 5.97. The summed E-state index contributed by atoms with van der Waals surface area (Å²) < 4.78 is 52.8. The topological polar surface area (TPSA) is 104 Å². The fourth-order valence-electron chi connectivity index (χ4n) is 4.48. The molecular formula is C27H23F3N4O5. The highest BCUT2D eigenvalue weighted by Crippen LogP contribution is 2.29. The first kappa shape index (κ1) is 26.3. The summed E-state index contributed by atoms with van der Waals surface area (Å²) in [6.45, 7) is 2.27. The third-order valence-corrected chi connectivity index (χ3v) is 6.36. The molecule has 4 heterocycles. The summed E-state index contributed by atoms with van der Waals surface area (Å²) in [5, 5.41) is 0.0979. The Morgan fingerprint density at radius 2 is 1.95 bits per heavy atom. The molecule has 1 atom stereocenters. The van der Waals surface area contributed by atoms with Crippen molar-refractivity contribution in [2.75, 3.05) is 13.2 Å². The molecule has 39 heavy (non-hydrogen) atoms. The quantitative estimate of drug-likeness (QED) is 0.282. The van der Waals surface area contributed by atoms with E-state index in [1.165, 1.54) is 15.0 Å². The zero-order valence-electron chi connectivity index (χ0n) is 20.8. The van der Waals surface area contributed by atoms with Gasteiger partial charge < -0.3 is 14.0 Å². The number of benzene rings is 1. The fraction of sp³-hybridized carbons (Fsp3) is 0.296. The van der Waals surface area contributed by atoms with E-state index in [2.05, 4.69) is 9.98 Å². The van der Waals surface area contributed by atoms with E-state index in [1.54, 1.807) is 31.3 Å². The number of aromatic nitrogens is 3. The third kappa shape index (κ3) is 5.19. The van der Waals surface area contributed by atoms with Crippen molar-refractivity contribution in [3.05, 3.63) is 87.3 Å². The summed E-state index contributed by atoms with van der Waals surface area (Å²) in [4.78, 5) is 48.4. The molecule has 0 N–H and O–H groups in total. The Morgan fingerprint density at radius 1 is 1.18 bits per heavy atom. The van der Waals surface area contributed by atoms with Gasteiger partial charge in [-0.2, -0.15) is 18.2 Å². The molecule has 1 aliphatic heterocycles. The van der Waals surface area contributed by atoms with E-state index in [9.17, 15) is 27.6 Å². The summed E-state index contributed by atoms with van der Waals surface area (Å²) >= 11 is 0. The first-order valence-electron chi connectivity index (χ1n) is 12.3.